The molecule has 1 aliphatic heterocycles. The topological polar surface area (TPSA) is 12.5 Å². The molecule has 1 heterocycles. The van der Waals surface area contributed by atoms with Crippen LogP contribution in [-0.2, 0) is 11.2 Å². The molecule has 2 heteroatoms. The Balaban J connectivity index is 1.85. The van der Waals surface area contributed by atoms with E-state index >= 15 is 0 Å². The summed E-state index contributed by atoms with van der Waals surface area (Å²) in [6.07, 6.45) is 3.27. The summed E-state index contributed by atoms with van der Waals surface area (Å²) in [5.74, 6) is 0. The molecule has 0 atom stereocenters. The lowest BCUT2D eigenvalue weighted by Crippen LogP contribution is -2.36. The molecular weight excluding hydrogens is 258 g/mol. The summed E-state index contributed by atoms with van der Waals surface area (Å²) in [5, 5.41) is 0. The second-order valence-corrected chi connectivity index (χ2v) is 5.31. The van der Waals surface area contributed by atoms with Crippen LogP contribution in [-0.4, -0.2) is 31.2 Å². The molecule has 0 aliphatic carbocycles. The standard InChI is InChI=1S/C19H21NO/c1-3-7-17(8-4-1)15-19(20-11-13-21-14-12-20)16-18-9-5-2-6-10-18/h1-10,15H,11-14,16H2. The molecule has 2 aromatic carbocycles. The third kappa shape index (κ3) is 3.96. The first-order valence-electron chi connectivity index (χ1n) is 7.54. The Morgan fingerprint density at radius 2 is 1.52 bits per heavy atom. The van der Waals surface area contributed by atoms with Crippen LogP contribution in [0.4, 0.5) is 0 Å². The van der Waals surface area contributed by atoms with Gasteiger partial charge in [-0.3, -0.25) is 0 Å². The minimum Gasteiger partial charge on any atom is -0.378 e. The van der Waals surface area contributed by atoms with E-state index in [0.29, 0.717) is 0 Å². The molecule has 1 fully saturated rings. The van der Waals surface area contributed by atoms with Crippen LogP contribution in [0.5, 0.6) is 0 Å². The monoisotopic (exact) mass is 279 g/mol. The van der Waals surface area contributed by atoms with Gasteiger partial charge in [0.15, 0.2) is 0 Å². The summed E-state index contributed by atoms with van der Waals surface area (Å²) in [7, 11) is 0. The number of rotatable bonds is 4. The van der Waals surface area contributed by atoms with E-state index in [9.17, 15) is 0 Å². The summed E-state index contributed by atoms with van der Waals surface area (Å²) >= 11 is 0. The Hall–Kier alpha value is -2.06. The molecule has 3 rings (SSSR count). The number of hydrogen-bond donors (Lipinski definition) is 0. The summed E-state index contributed by atoms with van der Waals surface area (Å²) in [6.45, 7) is 3.60. The molecule has 0 aromatic heterocycles. The zero-order valence-corrected chi connectivity index (χ0v) is 12.2. The van der Waals surface area contributed by atoms with Gasteiger partial charge in [0.05, 0.1) is 13.2 Å². The molecule has 0 bridgehead atoms. The van der Waals surface area contributed by atoms with Gasteiger partial charge in [-0.05, 0) is 17.2 Å². The fourth-order valence-electron chi connectivity index (χ4n) is 2.65. The molecule has 0 amide bonds. The van der Waals surface area contributed by atoms with Crippen LogP contribution in [0.2, 0.25) is 0 Å². The number of morpholine rings is 1. The second kappa shape index (κ2) is 7.09. The Labute approximate surface area is 126 Å². The van der Waals surface area contributed by atoms with Crippen LogP contribution in [0.3, 0.4) is 0 Å². The summed E-state index contributed by atoms with van der Waals surface area (Å²) < 4.78 is 5.48. The Kier molecular flexibility index (Phi) is 4.70. The maximum absolute atomic E-state index is 5.48. The number of allylic oxidation sites excluding steroid dienone is 1. The normalized spacial score (nSPS) is 16.0. The maximum atomic E-state index is 5.48. The number of hydrogen-bond acceptors (Lipinski definition) is 2. The molecule has 21 heavy (non-hydrogen) atoms. The first-order chi connectivity index (χ1) is 10.4. The Morgan fingerprint density at radius 3 is 2.19 bits per heavy atom. The fourth-order valence-corrected chi connectivity index (χ4v) is 2.65. The molecule has 108 valence electrons. The van der Waals surface area contributed by atoms with Gasteiger partial charge in [0.2, 0.25) is 0 Å². The third-order valence-corrected chi connectivity index (χ3v) is 3.78. The van der Waals surface area contributed by atoms with Crippen LogP contribution < -0.4 is 0 Å². The highest BCUT2D eigenvalue weighted by Gasteiger charge is 2.14. The minimum absolute atomic E-state index is 0.820. The van der Waals surface area contributed by atoms with Crippen LogP contribution in [0, 0.1) is 0 Å². The van der Waals surface area contributed by atoms with Crippen molar-refractivity contribution in [2.24, 2.45) is 0 Å². The smallest absolute Gasteiger partial charge is 0.0642 e. The van der Waals surface area contributed by atoms with Crippen molar-refractivity contribution in [3.05, 3.63) is 77.5 Å². The molecule has 0 N–H and O–H groups in total. The van der Waals surface area contributed by atoms with Crippen molar-refractivity contribution < 1.29 is 4.74 Å². The first-order valence-corrected chi connectivity index (χ1v) is 7.54. The van der Waals surface area contributed by atoms with E-state index in [4.69, 9.17) is 4.74 Å². The molecule has 0 saturated carbocycles. The van der Waals surface area contributed by atoms with Crippen molar-refractivity contribution in [2.45, 2.75) is 6.42 Å². The fraction of sp³-hybridized carbons (Fsp3) is 0.263. The Bertz CT molecular complexity index is 571. The lowest BCUT2D eigenvalue weighted by molar-refractivity contribution is 0.0532. The quantitative estimate of drug-likeness (QED) is 0.848. The number of ether oxygens (including phenoxy) is 1. The lowest BCUT2D eigenvalue weighted by Gasteiger charge is -2.31. The molecule has 2 nitrogen and oxygen atoms in total. The SMILES string of the molecule is C(=C(Cc1ccccc1)N1CCOCC1)c1ccccc1. The van der Waals surface area contributed by atoms with Crippen molar-refractivity contribution >= 4 is 6.08 Å². The predicted molar refractivity (Wildman–Crippen MR) is 87.0 cm³/mol. The van der Waals surface area contributed by atoms with Crippen molar-refractivity contribution in [3.8, 4) is 0 Å². The molecule has 1 aliphatic rings. The van der Waals surface area contributed by atoms with Crippen molar-refractivity contribution in [1.82, 2.24) is 4.90 Å². The maximum Gasteiger partial charge on any atom is 0.0642 e. The molecule has 0 radical (unpaired) electrons. The largest absolute Gasteiger partial charge is 0.378 e. The van der Waals surface area contributed by atoms with Crippen LogP contribution in [0.1, 0.15) is 11.1 Å². The predicted octanol–water partition coefficient (Wildman–Crippen LogP) is 3.60. The highest BCUT2D eigenvalue weighted by molar-refractivity contribution is 5.53. The molecule has 0 spiro atoms. The van der Waals surface area contributed by atoms with Gasteiger partial charge in [-0.1, -0.05) is 60.7 Å². The first kappa shape index (κ1) is 13.9. The van der Waals surface area contributed by atoms with E-state index in [0.717, 1.165) is 32.7 Å². The third-order valence-electron chi connectivity index (χ3n) is 3.78. The van der Waals surface area contributed by atoms with Gasteiger partial charge in [0.1, 0.15) is 0 Å². The van der Waals surface area contributed by atoms with E-state index in [2.05, 4.69) is 71.6 Å². The van der Waals surface area contributed by atoms with Crippen LogP contribution >= 0.6 is 0 Å². The van der Waals surface area contributed by atoms with Gasteiger partial charge in [0, 0.05) is 25.2 Å². The van der Waals surface area contributed by atoms with Crippen molar-refractivity contribution in [2.75, 3.05) is 26.3 Å². The van der Waals surface area contributed by atoms with Crippen LogP contribution in [0.15, 0.2) is 66.4 Å². The van der Waals surface area contributed by atoms with Crippen molar-refractivity contribution in [1.29, 1.82) is 0 Å². The molecular formula is C19H21NO. The zero-order chi connectivity index (χ0) is 14.3. The van der Waals surface area contributed by atoms with Crippen molar-refractivity contribution in [3.63, 3.8) is 0 Å². The number of benzene rings is 2. The minimum atomic E-state index is 0.820. The van der Waals surface area contributed by atoms with E-state index in [1.807, 2.05) is 0 Å². The van der Waals surface area contributed by atoms with Gasteiger partial charge < -0.3 is 9.64 Å². The molecule has 0 unspecified atom stereocenters. The van der Waals surface area contributed by atoms with Gasteiger partial charge in [-0.2, -0.15) is 0 Å². The highest BCUT2D eigenvalue weighted by atomic mass is 16.5. The van der Waals surface area contributed by atoms with Gasteiger partial charge >= 0.3 is 0 Å². The van der Waals surface area contributed by atoms with Crippen LogP contribution in [0.25, 0.3) is 6.08 Å². The average molecular weight is 279 g/mol. The Morgan fingerprint density at radius 1 is 0.905 bits per heavy atom. The van der Waals surface area contributed by atoms with Gasteiger partial charge in [0.25, 0.3) is 0 Å². The lowest BCUT2D eigenvalue weighted by atomic mass is 10.1. The van der Waals surface area contributed by atoms with E-state index in [-0.39, 0.29) is 0 Å². The second-order valence-electron chi connectivity index (χ2n) is 5.31. The summed E-state index contributed by atoms with van der Waals surface area (Å²) in [5.41, 5.74) is 3.98. The van der Waals surface area contributed by atoms with E-state index < -0.39 is 0 Å². The van der Waals surface area contributed by atoms with Gasteiger partial charge in [-0.25, -0.2) is 0 Å². The highest BCUT2D eigenvalue weighted by Crippen LogP contribution is 2.18. The van der Waals surface area contributed by atoms with E-state index in [1.165, 1.54) is 16.8 Å². The molecule has 1 saturated heterocycles. The van der Waals surface area contributed by atoms with Gasteiger partial charge in [-0.15, -0.1) is 0 Å². The average Bonchev–Trinajstić information content (AvgIpc) is 2.57. The number of nitrogens with zero attached hydrogens (tertiary/aromatic N) is 1. The summed E-state index contributed by atoms with van der Waals surface area (Å²) in [6, 6.07) is 21.2. The zero-order valence-electron chi connectivity index (χ0n) is 12.2. The van der Waals surface area contributed by atoms with E-state index in [1.54, 1.807) is 0 Å². The summed E-state index contributed by atoms with van der Waals surface area (Å²) in [4.78, 5) is 2.45. The molecule has 2 aromatic rings.